The van der Waals surface area contributed by atoms with Crippen molar-refractivity contribution >= 4 is 50.1 Å². The first-order chi connectivity index (χ1) is 17.3. The number of fused-ring (bicyclic) bond motifs is 2. The van der Waals surface area contributed by atoms with Crippen molar-refractivity contribution in [1.82, 2.24) is 29.2 Å². The fourth-order valence-corrected chi connectivity index (χ4v) is 7.04. The van der Waals surface area contributed by atoms with Crippen molar-refractivity contribution in [2.45, 2.75) is 36.9 Å². The quantitative estimate of drug-likeness (QED) is 0.283. The zero-order valence-corrected chi connectivity index (χ0v) is 22.1. The Morgan fingerprint density at radius 2 is 2.03 bits per heavy atom. The molecule has 4 heterocycles. The third-order valence-electron chi connectivity index (χ3n) is 5.30. The van der Waals surface area contributed by atoms with Crippen molar-refractivity contribution in [3.05, 3.63) is 30.0 Å². The van der Waals surface area contributed by atoms with Crippen LogP contribution < -0.4 is 19.9 Å². The van der Waals surface area contributed by atoms with E-state index >= 15 is 0 Å². The van der Waals surface area contributed by atoms with Crippen LogP contribution in [0.4, 0.5) is 5.82 Å². The number of nitrogens with zero attached hydrogens (tertiary/aromatic N) is 5. The summed E-state index contributed by atoms with van der Waals surface area (Å²) >= 11 is 2.96. The predicted octanol–water partition coefficient (Wildman–Crippen LogP) is 3.38. The lowest BCUT2D eigenvalue weighted by atomic mass is 10.2. The normalized spacial score (nSPS) is 13.2. The van der Waals surface area contributed by atoms with E-state index in [9.17, 15) is 8.42 Å². The van der Waals surface area contributed by atoms with Gasteiger partial charge in [-0.05, 0) is 24.5 Å². The van der Waals surface area contributed by atoms with Crippen molar-refractivity contribution in [2.24, 2.45) is 5.92 Å². The van der Waals surface area contributed by atoms with Gasteiger partial charge in [-0.25, -0.2) is 33.1 Å². The fraction of sp³-hybridized carbons (Fsp3) is 0.364. The number of benzene rings is 1. The lowest BCUT2D eigenvalue weighted by Gasteiger charge is -2.12. The standard InChI is InChI=1S/C22H25N7O4S3/c1-13(2)10-36(30,31)27-4-3-6-29-20-18(19(23)25-11-26-20)28-22(29)35-17-9-16-15(32-12-33-16)8-14(17)21-24-5-7-34-21/h5,7-9,11,13,27H,3-4,6,10,12H2,1-2H3,(H2,23,25,26). The van der Waals surface area contributed by atoms with Gasteiger partial charge in [0.1, 0.15) is 11.3 Å². The maximum absolute atomic E-state index is 12.2. The average Bonchev–Trinajstić information content (AvgIpc) is 3.56. The van der Waals surface area contributed by atoms with Gasteiger partial charge in [0.25, 0.3) is 0 Å². The maximum Gasteiger partial charge on any atom is 0.231 e. The minimum Gasteiger partial charge on any atom is -0.454 e. The number of aryl methyl sites for hydroxylation is 1. The van der Waals surface area contributed by atoms with Gasteiger partial charge in [0.2, 0.25) is 16.8 Å². The molecule has 3 aromatic heterocycles. The van der Waals surface area contributed by atoms with E-state index in [0.717, 1.165) is 15.5 Å². The molecule has 4 aromatic rings. The Balaban J connectivity index is 1.45. The van der Waals surface area contributed by atoms with Crippen LogP contribution in [0.1, 0.15) is 20.3 Å². The molecule has 1 aromatic carbocycles. The molecule has 0 aliphatic carbocycles. The number of nitrogens with one attached hydrogen (secondary N) is 1. The highest BCUT2D eigenvalue weighted by molar-refractivity contribution is 7.99. The van der Waals surface area contributed by atoms with E-state index < -0.39 is 10.0 Å². The second-order valence-corrected chi connectivity index (χ2v) is 12.3. The van der Waals surface area contributed by atoms with Gasteiger partial charge in [0.15, 0.2) is 33.6 Å². The minimum absolute atomic E-state index is 0.0523. The van der Waals surface area contributed by atoms with Crippen LogP contribution in [-0.4, -0.2) is 52.0 Å². The summed E-state index contributed by atoms with van der Waals surface area (Å²) in [5.74, 6) is 1.75. The highest BCUT2D eigenvalue weighted by Crippen LogP contribution is 2.45. The Morgan fingerprint density at radius 1 is 1.22 bits per heavy atom. The minimum atomic E-state index is -3.32. The van der Waals surface area contributed by atoms with Crippen LogP contribution in [0, 0.1) is 5.92 Å². The first-order valence-corrected chi connectivity index (χ1v) is 14.6. The van der Waals surface area contributed by atoms with Crippen LogP contribution in [0.3, 0.4) is 0 Å². The van der Waals surface area contributed by atoms with Gasteiger partial charge in [-0.2, -0.15) is 0 Å². The fourth-order valence-electron chi connectivity index (χ4n) is 3.81. The highest BCUT2D eigenvalue weighted by atomic mass is 32.2. The number of imidazole rings is 1. The van der Waals surface area contributed by atoms with E-state index in [1.807, 2.05) is 35.9 Å². The van der Waals surface area contributed by atoms with Gasteiger partial charge < -0.3 is 19.8 Å². The second kappa shape index (κ2) is 10.2. The number of hydrogen-bond acceptors (Lipinski definition) is 11. The largest absolute Gasteiger partial charge is 0.454 e. The summed E-state index contributed by atoms with van der Waals surface area (Å²) in [6, 6.07) is 3.84. The number of thiazole rings is 1. The lowest BCUT2D eigenvalue weighted by Crippen LogP contribution is -2.29. The van der Waals surface area contributed by atoms with E-state index in [0.29, 0.717) is 47.3 Å². The molecule has 0 saturated carbocycles. The van der Waals surface area contributed by atoms with Crippen LogP contribution in [0.5, 0.6) is 11.5 Å². The van der Waals surface area contributed by atoms with Gasteiger partial charge >= 0.3 is 0 Å². The molecule has 0 atom stereocenters. The lowest BCUT2D eigenvalue weighted by molar-refractivity contribution is 0.174. The van der Waals surface area contributed by atoms with Crippen LogP contribution in [0.25, 0.3) is 21.7 Å². The van der Waals surface area contributed by atoms with Gasteiger partial charge in [-0.1, -0.05) is 25.6 Å². The molecule has 0 fully saturated rings. The number of anilines is 1. The SMILES string of the molecule is CC(C)CS(=O)(=O)NCCCn1c(Sc2cc3c(cc2-c2nccs2)OCO3)nc2c(N)ncnc21. The molecule has 1 aliphatic rings. The molecule has 0 amide bonds. The summed E-state index contributed by atoms with van der Waals surface area (Å²) in [5.41, 5.74) is 8.09. The van der Waals surface area contributed by atoms with E-state index in [-0.39, 0.29) is 24.3 Å². The molecular weight excluding hydrogens is 522 g/mol. The number of nitrogen functional groups attached to an aromatic ring is 1. The first-order valence-electron chi connectivity index (χ1n) is 11.3. The van der Waals surface area contributed by atoms with Crippen molar-refractivity contribution in [3.8, 4) is 22.1 Å². The number of sulfonamides is 1. The molecule has 0 saturated heterocycles. The molecule has 0 bridgehead atoms. The molecule has 0 radical (unpaired) electrons. The smallest absolute Gasteiger partial charge is 0.231 e. The Labute approximate surface area is 216 Å². The number of aromatic nitrogens is 5. The first kappa shape index (κ1) is 24.7. The third kappa shape index (κ3) is 5.26. The summed E-state index contributed by atoms with van der Waals surface area (Å²) in [4.78, 5) is 18.6. The molecule has 14 heteroatoms. The van der Waals surface area contributed by atoms with E-state index in [4.69, 9.17) is 20.2 Å². The molecule has 11 nitrogen and oxygen atoms in total. The Hall–Kier alpha value is -2.94. The van der Waals surface area contributed by atoms with Crippen LogP contribution >= 0.6 is 23.1 Å². The Bertz CT molecular complexity index is 1490. The van der Waals surface area contributed by atoms with E-state index in [1.165, 1.54) is 29.4 Å². The summed E-state index contributed by atoms with van der Waals surface area (Å²) in [6.07, 6.45) is 3.70. The average molecular weight is 548 g/mol. The van der Waals surface area contributed by atoms with Gasteiger partial charge in [0.05, 0.1) is 5.75 Å². The van der Waals surface area contributed by atoms with Crippen LogP contribution in [0.2, 0.25) is 0 Å². The number of rotatable bonds is 10. The van der Waals surface area contributed by atoms with Gasteiger partial charge in [-0.3, -0.25) is 0 Å². The summed E-state index contributed by atoms with van der Waals surface area (Å²) < 4.78 is 40.2. The molecular formula is C22H25N7O4S3. The maximum atomic E-state index is 12.2. The summed E-state index contributed by atoms with van der Waals surface area (Å²) in [5, 5.41) is 3.41. The number of hydrogen-bond donors (Lipinski definition) is 2. The van der Waals surface area contributed by atoms with Gasteiger partial charge in [-0.15, -0.1) is 11.3 Å². The van der Waals surface area contributed by atoms with Crippen molar-refractivity contribution < 1.29 is 17.9 Å². The molecule has 3 N–H and O–H groups in total. The van der Waals surface area contributed by atoms with Crippen molar-refractivity contribution in [2.75, 3.05) is 24.8 Å². The Kier molecular flexibility index (Phi) is 7.01. The molecule has 190 valence electrons. The zero-order chi connectivity index (χ0) is 25.3. The summed E-state index contributed by atoms with van der Waals surface area (Å²) in [6.45, 7) is 4.70. The predicted molar refractivity (Wildman–Crippen MR) is 139 cm³/mol. The molecule has 1 aliphatic heterocycles. The second-order valence-electron chi connectivity index (χ2n) is 8.54. The van der Waals surface area contributed by atoms with Gasteiger partial charge in [0, 0.05) is 35.1 Å². The monoisotopic (exact) mass is 547 g/mol. The summed E-state index contributed by atoms with van der Waals surface area (Å²) in [7, 11) is -3.32. The van der Waals surface area contributed by atoms with Crippen molar-refractivity contribution in [1.29, 1.82) is 0 Å². The van der Waals surface area contributed by atoms with Crippen molar-refractivity contribution in [3.63, 3.8) is 0 Å². The van der Waals surface area contributed by atoms with Crippen LogP contribution in [-0.2, 0) is 16.6 Å². The van der Waals surface area contributed by atoms with E-state index in [2.05, 4.69) is 19.7 Å². The number of ether oxygens (including phenoxy) is 2. The zero-order valence-electron chi connectivity index (χ0n) is 19.7. The highest BCUT2D eigenvalue weighted by Gasteiger charge is 2.23. The van der Waals surface area contributed by atoms with E-state index in [1.54, 1.807) is 6.20 Å². The molecule has 0 spiro atoms. The Morgan fingerprint density at radius 3 is 2.78 bits per heavy atom. The third-order valence-corrected chi connectivity index (χ3v) is 8.91. The topological polar surface area (TPSA) is 147 Å². The molecule has 0 unspecified atom stereocenters. The molecule has 36 heavy (non-hydrogen) atoms. The van der Waals surface area contributed by atoms with Crippen LogP contribution in [0.15, 0.2) is 40.1 Å². The number of nitrogens with two attached hydrogens (primary N) is 1. The molecule has 5 rings (SSSR count).